The van der Waals surface area contributed by atoms with Gasteiger partial charge in [0.15, 0.2) is 6.61 Å². The molecule has 0 saturated carbocycles. The van der Waals surface area contributed by atoms with Crippen molar-refractivity contribution in [3.05, 3.63) is 53.1 Å². The van der Waals surface area contributed by atoms with Crippen molar-refractivity contribution in [1.29, 1.82) is 0 Å². The lowest BCUT2D eigenvalue weighted by atomic mass is 10.1. The summed E-state index contributed by atoms with van der Waals surface area (Å²) in [4.78, 5) is 23.1. The van der Waals surface area contributed by atoms with Crippen molar-refractivity contribution in [3.63, 3.8) is 0 Å². The molecular formula is C19H19F3N2O3. The van der Waals surface area contributed by atoms with Crippen molar-refractivity contribution in [2.24, 2.45) is 0 Å². The van der Waals surface area contributed by atoms with Crippen LogP contribution in [0.3, 0.4) is 0 Å². The summed E-state index contributed by atoms with van der Waals surface area (Å²) < 4.78 is 45.2. The summed E-state index contributed by atoms with van der Waals surface area (Å²) in [6.45, 7) is 4.46. The molecule has 0 spiro atoms. The molecule has 2 rings (SSSR count). The summed E-state index contributed by atoms with van der Waals surface area (Å²) in [7, 11) is 0. The molecule has 0 bridgehead atoms. The molecule has 144 valence electrons. The van der Waals surface area contributed by atoms with Gasteiger partial charge in [0.1, 0.15) is 5.75 Å². The summed E-state index contributed by atoms with van der Waals surface area (Å²) in [6.07, 6.45) is -4.70. The molecule has 8 heteroatoms. The SMILES string of the molecule is CC(=O)Nc1ccc(NC(=O)COc2cccc(C)c2C)c(C(F)(F)F)c1. The normalized spacial score (nSPS) is 11.0. The minimum atomic E-state index is -4.70. The number of hydrogen-bond donors (Lipinski definition) is 2. The lowest BCUT2D eigenvalue weighted by Crippen LogP contribution is -2.22. The predicted octanol–water partition coefficient (Wildman–Crippen LogP) is 4.30. The highest BCUT2D eigenvalue weighted by Gasteiger charge is 2.34. The second kappa shape index (κ2) is 8.11. The molecule has 27 heavy (non-hydrogen) atoms. The van der Waals surface area contributed by atoms with Crippen LogP contribution in [-0.2, 0) is 15.8 Å². The zero-order valence-corrected chi connectivity index (χ0v) is 15.0. The van der Waals surface area contributed by atoms with Gasteiger partial charge < -0.3 is 15.4 Å². The van der Waals surface area contributed by atoms with E-state index in [4.69, 9.17) is 4.74 Å². The summed E-state index contributed by atoms with van der Waals surface area (Å²) in [5.74, 6) is -0.738. The third-order valence-electron chi connectivity index (χ3n) is 3.83. The van der Waals surface area contributed by atoms with Crippen molar-refractivity contribution in [2.45, 2.75) is 26.9 Å². The third-order valence-corrected chi connectivity index (χ3v) is 3.83. The molecule has 0 saturated heterocycles. The van der Waals surface area contributed by atoms with Gasteiger partial charge in [-0.3, -0.25) is 9.59 Å². The molecule has 0 radical (unpaired) electrons. The predicted molar refractivity (Wildman–Crippen MR) is 95.8 cm³/mol. The summed E-state index contributed by atoms with van der Waals surface area (Å²) in [6, 6.07) is 8.45. The number of aryl methyl sites for hydroxylation is 1. The number of alkyl halides is 3. The van der Waals surface area contributed by atoms with Crippen LogP contribution in [0.5, 0.6) is 5.75 Å². The number of benzene rings is 2. The average Bonchev–Trinajstić information content (AvgIpc) is 2.56. The Hall–Kier alpha value is -3.03. The van der Waals surface area contributed by atoms with E-state index in [-0.39, 0.29) is 5.69 Å². The van der Waals surface area contributed by atoms with Gasteiger partial charge in [-0.1, -0.05) is 12.1 Å². The Morgan fingerprint density at radius 3 is 2.41 bits per heavy atom. The van der Waals surface area contributed by atoms with E-state index in [1.165, 1.54) is 13.0 Å². The van der Waals surface area contributed by atoms with E-state index in [1.54, 1.807) is 12.1 Å². The van der Waals surface area contributed by atoms with Gasteiger partial charge in [-0.2, -0.15) is 13.2 Å². The Kier molecular flexibility index (Phi) is 6.09. The Balaban J connectivity index is 2.14. The second-order valence-electron chi connectivity index (χ2n) is 5.97. The van der Waals surface area contributed by atoms with Crippen LogP contribution in [0.2, 0.25) is 0 Å². The lowest BCUT2D eigenvalue weighted by molar-refractivity contribution is -0.137. The number of carbonyl (C=O) groups is 2. The van der Waals surface area contributed by atoms with Gasteiger partial charge in [-0.05, 0) is 49.2 Å². The van der Waals surface area contributed by atoms with E-state index in [0.29, 0.717) is 5.75 Å². The minimum Gasteiger partial charge on any atom is -0.483 e. The fraction of sp³-hybridized carbons (Fsp3) is 0.263. The quantitative estimate of drug-likeness (QED) is 0.813. The second-order valence-corrected chi connectivity index (χ2v) is 5.97. The van der Waals surface area contributed by atoms with E-state index in [1.807, 2.05) is 19.9 Å². The number of nitrogens with one attached hydrogen (secondary N) is 2. The lowest BCUT2D eigenvalue weighted by Gasteiger charge is -2.16. The average molecular weight is 380 g/mol. The van der Waals surface area contributed by atoms with Gasteiger partial charge >= 0.3 is 6.18 Å². The van der Waals surface area contributed by atoms with E-state index >= 15 is 0 Å². The number of hydrogen-bond acceptors (Lipinski definition) is 3. The van der Waals surface area contributed by atoms with Crippen LogP contribution in [0.25, 0.3) is 0 Å². The Bertz CT molecular complexity index is 864. The molecule has 2 aromatic rings. The molecule has 2 aromatic carbocycles. The number of amides is 2. The molecule has 0 atom stereocenters. The van der Waals surface area contributed by atoms with Gasteiger partial charge in [-0.25, -0.2) is 0 Å². The summed E-state index contributed by atoms with van der Waals surface area (Å²) >= 11 is 0. The first-order valence-electron chi connectivity index (χ1n) is 8.05. The van der Waals surface area contributed by atoms with Crippen LogP contribution >= 0.6 is 0 Å². The topological polar surface area (TPSA) is 67.4 Å². The van der Waals surface area contributed by atoms with Crippen molar-refractivity contribution in [3.8, 4) is 5.75 Å². The van der Waals surface area contributed by atoms with Gasteiger partial charge in [0.25, 0.3) is 5.91 Å². The maximum Gasteiger partial charge on any atom is 0.418 e. The number of carbonyl (C=O) groups excluding carboxylic acids is 2. The van der Waals surface area contributed by atoms with E-state index in [2.05, 4.69) is 10.6 Å². The van der Waals surface area contributed by atoms with Crippen LogP contribution in [0.15, 0.2) is 36.4 Å². The number of anilines is 2. The van der Waals surface area contributed by atoms with Crippen LogP contribution in [0.1, 0.15) is 23.6 Å². The molecule has 0 aromatic heterocycles. The van der Waals surface area contributed by atoms with Gasteiger partial charge in [-0.15, -0.1) is 0 Å². The summed E-state index contributed by atoms with van der Waals surface area (Å²) in [5, 5.41) is 4.48. The number of ether oxygens (including phenoxy) is 1. The number of rotatable bonds is 5. The van der Waals surface area contributed by atoms with Crippen LogP contribution in [-0.4, -0.2) is 18.4 Å². The first-order valence-corrected chi connectivity index (χ1v) is 8.05. The fourth-order valence-electron chi connectivity index (χ4n) is 2.38. The molecule has 2 N–H and O–H groups in total. The van der Waals surface area contributed by atoms with Crippen LogP contribution in [0.4, 0.5) is 24.5 Å². The molecule has 0 aliphatic rings. The monoisotopic (exact) mass is 380 g/mol. The molecule has 0 unspecified atom stereocenters. The zero-order chi connectivity index (χ0) is 20.2. The van der Waals surface area contributed by atoms with Gasteiger partial charge in [0.05, 0.1) is 11.3 Å². The number of halogens is 3. The largest absolute Gasteiger partial charge is 0.483 e. The van der Waals surface area contributed by atoms with Crippen molar-refractivity contribution in [2.75, 3.05) is 17.2 Å². The van der Waals surface area contributed by atoms with E-state index < -0.39 is 35.8 Å². The Morgan fingerprint density at radius 2 is 1.78 bits per heavy atom. The molecule has 2 amide bonds. The van der Waals surface area contributed by atoms with Gasteiger partial charge in [0.2, 0.25) is 5.91 Å². The standard InChI is InChI=1S/C19H19F3N2O3/c1-11-5-4-6-17(12(11)2)27-10-18(26)24-16-8-7-14(23-13(3)25)9-15(16)19(20,21)22/h4-9H,10H2,1-3H3,(H,23,25)(H,24,26). The van der Waals surface area contributed by atoms with Gasteiger partial charge in [0, 0.05) is 12.6 Å². The van der Waals surface area contributed by atoms with Crippen molar-refractivity contribution in [1.82, 2.24) is 0 Å². The highest BCUT2D eigenvalue weighted by Crippen LogP contribution is 2.36. The van der Waals surface area contributed by atoms with E-state index in [0.717, 1.165) is 23.3 Å². The van der Waals surface area contributed by atoms with Crippen LogP contribution in [0, 0.1) is 13.8 Å². The first-order chi connectivity index (χ1) is 12.6. The first kappa shape index (κ1) is 20.3. The molecule has 0 aliphatic carbocycles. The van der Waals surface area contributed by atoms with Crippen LogP contribution < -0.4 is 15.4 Å². The highest BCUT2D eigenvalue weighted by molar-refractivity contribution is 5.94. The molecule has 0 fully saturated rings. The Morgan fingerprint density at radius 1 is 1.07 bits per heavy atom. The Labute approximate surface area is 154 Å². The maximum absolute atomic E-state index is 13.3. The zero-order valence-electron chi connectivity index (χ0n) is 15.0. The summed E-state index contributed by atoms with van der Waals surface area (Å²) in [5.41, 5.74) is 0.334. The molecular weight excluding hydrogens is 361 g/mol. The molecule has 0 heterocycles. The molecule has 0 aliphatic heterocycles. The smallest absolute Gasteiger partial charge is 0.418 e. The third kappa shape index (κ3) is 5.47. The maximum atomic E-state index is 13.3. The van der Waals surface area contributed by atoms with E-state index in [9.17, 15) is 22.8 Å². The van der Waals surface area contributed by atoms with Crippen molar-refractivity contribution >= 4 is 23.2 Å². The minimum absolute atomic E-state index is 0.0144. The van der Waals surface area contributed by atoms with Crippen molar-refractivity contribution < 1.29 is 27.5 Å². The highest BCUT2D eigenvalue weighted by atomic mass is 19.4. The fourth-order valence-corrected chi connectivity index (χ4v) is 2.38. The molecule has 5 nitrogen and oxygen atoms in total.